The zero-order chi connectivity index (χ0) is 40.7. The molecule has 1 unspecified atom stereocenters. The number of carbonyl (C=O) groups is 2. The van der Waals surface area contributed by atoms with Crippen LogP contribution in [0.15, 0.2) is 85.1 Å². The maximum Gasteiger partial charge on any atom is 0.309 e. The van der Waals surface area contributed by atoms with Crippen LogP contribution < -0.4 is 0 Å². The molecular formula is C51H86O5. The second-order valence-electron chi connectivity index (χ2n) is 14.9. The van der Waals surface area contributed by atoms with Crippen LogP contribution in [0.25, 0.3) is 0 Å². The molecular weight excluding hydrogens is 693 g/mol. The maximum atomic E-state index is 12.7. The van der Waals surface area contributed by atoms with Gasteiger partial charge in [0.1, 0.15) is 6.61 Å². The third-order valence-corrected chi connectivity index (χ3v) is 9.42. The molecule has 0 amide bonds. The van der Waals surface area contributed by atoms with Crippen molar-refractivity contribution in [3.8, 4) is 0 Å². The van der Waals surface area contributed by atoms with E-state index in [1.165, 1.54) is 96.3 Å². The van der Waals surface area contributed by atoms with Gasteiger partial charge in [-0.25, -0.2) is 0 Å². The molecule has 0 spiro atoms. The molecule has 0 bridgehead atoms. The molecule has 0 N–H and O–H groups in total. The predicted molar refractivity (Wildman–Crippen MR) is 242 cm³/mol. The molecule has 320 valence electrons. The number of carbonyl (C=O) groups excluding carboxylic acids is 2. The Morgan fingerprint density at radius 1 is 0.429 bits per heavy atom. The fraction of sp³-hybridized carbons (Fsp3) is 0.686. The average Bonchev–Trinajstić information content (AvgIpc) is 3.20. The van der Waals surface area contributed by atoms with Gasteiger partial charge in [0, 0.05) is 13.0 Å². The molecule has 0 aliphatic rings. The summed E-state index contributed by atoms with van der Waals surface area (Å²) in [5.41, 5.74) is 0. The Morgan fingerprint density at radius 2 is 0.875 bits per heavy atom. The second kappa shape index (κ2) is 46.5. The van der Waals surface area contributed by atoms with Crippen LogP contribution in [0.5, 0.6) is 0 Å². The fourth-order valence-electron chi connectivity index (χ4n) is 5.97. The highest BCUT2D eigenvalue weighted by Gasteiger charge is 2.17. The van der Waals surface area contributed by atoms with E-state index in [9.17, 15) is 9.59 Å². The minimum atomic E-state index is -0.584. The first-order chi connectivity index (χ1) is 27.6. The number of rotatable bonds is 41. The first kappa shape index (κ1) is 53.1. The van der Waals surface area contributed by atoms with Gasteiger partial charge in [-0.15, -0.1) is 0 Å². The van der Waals surface area contributed by atoms with Crippen LogP contribution in [-0.2, 0) is 23.8 Å². The number of unbranched alkanes of at least 4 members (excludes halogenated alkanes) is 17. The molecule has 0 saturated carbocycles. The van der Waals surface area contributed by atoms with Gasteiger partial charge >= 0.3 is 11.9 Å². The van der Waals surface area contributed by atoms with Crippen molar-refractivity contribution in [2.24, 2.45) is 0 Å². The lowest BCUT2D eigenvalue weighted by Gasteiger charge is -2.18. The zero-order valence-corrected chi connectivity index (χ0v) is 36.6. The second-order valence-corrected chi connectivity index (χ2v) is 14.9. The molecule has 0 aromatic heterocycles. The molecule has 0 fully saturated rings. The Labute approximate surface area is 346 Å². The number of allylic oxidation sites excluding steroid dienone is 13. The van der Waals surface area contributed by atoms with Gasteiger partial charge in [-0.2, -0.15) is 0 Å². The maximum absolute atomic E-state index is 12.7. The van der Waals surface area contributed by atoms with E-state index in [1.807, 2.05) is 12.2 Å². The van der Waals surface area contributed by atoms with E-state index in [0.717, 1.165) is 70.6 Å². The molecule has 0 aliphatic heterocycles. The van der Waals surface area contributed by atoms with E-state index >= 15 is 0 Å². The van der Waals surface area contributed by atoms with Crippen molar-refractivity contribution >= 4 is 11.9 Å². The molecule has 56 heavy (non-hydrogen) atoms. The van der Waals surface area contributed by atoms with E-state index in [4.69, 9.17) is 14.2 Å². The highest BCUT2D eigenvalue weighted by atomic mass is 16.6. The SMILES string of the molecule is CC/C=C\C/C=C\C/C=C\C/C=C\C/C=C\CC(=O)OCC(COCCCCCCCC/C=C\CCCC)OC(=O)CCCCCCC/C=C\CCCCCC. The zero-order valence-electron chi connectivity index (χ0n) is 36.6. The van der Waals surface area contributed by atoms with Crippen molar-refractivity contribution in [2.45, 2.75) is 207 Å². The monoisotopic (exact) mass is 779 g/mol. The van der Waals surface area contributed by atoms with E-state index in [0.29, 0.717) is 13.0 Å². The van der Waals surface area contributed by atoms with Gasteiger partial charge in [0.15, 0.2) is 6.10 Å². The van der Waals surface area contributed by atoms with Crippen LogP contribution in [-0.4, -0.2) is 37.9 Å². The van der Waals surface area contributed by atoms with Gasteiger partial charge in [-0.05, 0) is 89.9 Å². The van der Waals surface area contributed by atoms with E-state index in [2.05, 4.69) is 93.7 Å². The summed E-state index contributed by atoms with van der Waals surface area (Å²) in [7, 11) is 0. The minimum absolute atomic E-state index is 0.0221. The summed E-state index contributed by atoms with van der Waals surface area (Å²) in [4.78, 5) is 25.2. The molecule has 0 saturated heterocycles. The molecule has 0 radical (unpaired) electrons. The summed E-state index contributed by atoms with van der Waals surface area (Å²) in [6, 6.07) is 0. The normalized spacial score (nSPS) is 13.0. The van der Waals surface area contributed by atoms with Crippen molar-refractivity contribution in [2.75, 3.05) is 19.8 Å². The first-order valence-electron chi connectivity index (χ1n) is 23.1. The topological polar surface area (TPSA) is 61.8 Å². The van der Waals surface area contributed by atoms with Gasteiger partial charge in [0.2, 0.25) is 0 Å². The van der Waals surface area contributed by atoms with Crippen LogP contribution >= 0.6 is 0 Å². The van der Waals surface area contributed by atoms with E-state index < -0.39 is 6.10 Å². The lowest BCUT2D eigenvalue weighted by atomic mass is 10.1. The Bertz CT molecular complexity index is 1060. The van der Waals surface area contributed by atoms with Gasteiger partial charge in [0.25, 0.3) is 0 Å². The van der Waals surface area contributed by atoms with E-state index in [-0.39, 0.29) is 31.6 Å². The van der Waals surface area contributed by atoms with Gasteiger partial charge in [0.05, 0.1) is 13.0 Å². The Kier molecular flexibility index (Phi) is 44.0. The summed E-state index contributed by atoms with van der Waals surface area (Å²) < 4.78 is 17.2. The fourth-order valence-corrected chi connectivity index (χ4v) is 5.97. The van der Waals surface area contributed by atoms with Crippen molar-refractivity contribution in [1.29, 1.82) is 0 Å². The molecule has 0 aromatic rings. The standard InChI is InChI=1S/C51H86O5/c1-4-7-10-13-16-19-22-25-26-28-29-32-35-38-41-44-50(52)55-48-49(47-54-46-43-40-37-34-31-24-21-18-15-12-9-6-3)56-51(53)45-42-39-36-33-30-27-23-20-17-14-11-8-5-2/h7,10,15-16,18-20,23,25-26,29,32,38,41,49H,4-6,8-9,11-14,17,21-22,24,27-28,30-31,33-37,39-40,42-48H2,1-3H3/b10-7-,18-15-,19-16-,23-20-,26-25-,32-29-,41-38-. The van der Waals surface area contributed by atoms with Crippen LogP contribution in [0.4, 0.5) is 0 Å². The van der Waals surface area contributed by atoms with Crippen molar-refractivity contribution in [3.63, 3.8) is 0 Å². The van der Waals surface area contributed by atoms with E-state index in [1.54, 1.807) is 0 Å². The highest BCUT2D eigenvalue weighted by molar-refractivity contribution is 5.71. The first-order valence-corrected chi connectivity index (χ1v) is 23.1. The van der Waals surface area contributed by atoms with Crippen molar-refractivity contribution in [1.82, 2.24) is 0 Å². The van der Waals surface area contributed by atoms with Crippen molar-refractivity contribution in [3.05, 3.63) is 85.1 Å². The molecule has 5 nitrogen and oxygen atoms in total. The smallest absolute Gasteiger partial charge is 0.309 e. The molecule has 5 heteroatoms. The third kappa shape index (κ3) is 43.8. The Balaban J connectivity index is 4.42. The summed E-state index contributed by atoms with van der Waals surface area (Å²) >= 11 is 0. The number of esters is 2. The number of hydrogen-bond acceptors (Lipinski definition) is 5. The number of hydrogen-bond donors (Lipinski definition) is 0. The Morgan fingerprint density at radius 3 is 1.41 bits per heavy atom. The van der Waals surface area contributed by atoms with Crippen LogP contribution in [0.2, 0.25) is 0 Å². The molecule has 0 aliphatic carbocycles. The van der Waals surface area contributed by atoms with Crippen LogP contribution in [0.1, 0.15) is 201 Å². The van der Waals surface area contributed by atoms with Crippen molar-refractivity contribution < 1.29 is 23.8 Å². The third-order valence-electron chi connectivity index (χ3n) is 9.42. The summed E-state index contributed by atoms with van der Waals surface area (Å²) in [6.45, 7) is 7.52. The lowest BCUT2D eigenvalue weighted by molar-refractivity contribution is -0.162. The predicted octanol–water partition coefficient (Wildman–Crippen LogP) is 15.3. The summed E-state index contributed by atoms with van der Waals surface area (Å²) in [5, 5.41) is 0. The summed E-state index contributed by atoms with van der Waals surface area (Å²) in [5.74, 6) is -0.561. The largest absolute Gasteiger partial charge is 0.461 e. The average molecular weight is 779 g/mol. The van der Waals surface area contributed by atoms with Crippen LogP contribution in [0, 0.1) is 0 Å². The molecule has 0 rings (SSSR count). The molecule has 1 atom stereocenters. The summed E-state index contributed by atoms with van der Waals surface area (Å²) in [6.07, 6.45) is 60.3. The van der Waals surface area contributed by atoms with Crippen LogP contribution in [0.3, 0.4) is 0 Å². The minimum Gasteiger partial charge on any atom is -0.461 e. The Hall–Kier alpha value is -2.92. The van der Waals surface area contributed by atoms with Gasteiger partial charge < -0.3 is 14.2 Å². The van der Waals surface area contributed by atoms with Gasteiger partial charge in [-0.1, -0.05) is 183 Å². The highest BCUT2D eigenvalue weighted by Crippen LogP contribution is 2.12. The van der Waals surface area contributed by atoms with Gasteiger partial charge in [-0.3, -0.25) is 9.59 Å². The molecule has 0 aromatic carbocycles. The quantitative estimate of drug-likeness (QED) is 0.0351. The molecule has 0 heterocycles. The lowest BCUT2D eigenvalue weighted by Crippen LogP contribution is -2.30. The number of ether oxygens (including phenoxy) is 3.